The fourth-order valence-electron chi connectivity index (χ4n) is 2.51. The lowest BCUT2D eigenvalue weighted by atomic mass is 10.0. The third kappa shape index (κ3) is 2.66. The van der Waals surface area contributed by atoms with Gasteiger partial charge in [0.2, 0.25) is 0 Å². The van der Waals surface area contributed by atoms with Crippen LogP contribution in [0.5, 0.6) is 5.75 Å². The summed E-state index contributed by atoms with van der Waals surface area (Å²) in [4.78, 5) is 2.32. The van der Waals surface area contributed by atoms with Crippen molar-refractivity contribution < 1.29 is 4.74 Å². The Hall–Kier alpha value is -1.10. The highest BCUT2D eigenvalue weighted by Gasteiger charge is 2.20. The van der Waals surface area contributed by atoms with Crippen LogP contribution in [-0.2, 0) is 0 Å². The molecular formula is C14H23N3O. The summed E-state index contributed by atoms with van der Waals surface area (Å²) < 4.78 is 5.34. The monoisotopic (exact) mass is 249 g/mol. The lowest BCUT2D eigenvalue weighted by molar-refractivity contribution is 0.177. The van der Waals surface area contributed by atoms with E-state index >= 15 is 0 Å². The van der Waals surface area contributed by atoms with Gasteiger partial charge in [0, 0.05) is 26.2 Å². The topological polar surface area (TPSA) is 50.5 Å². The van der Waals surface area contributed by atoms with E-state index < -0.39 is 0 Å². The van der Waals surface area contributed by atoms with Crippen LogP contribution in [0, 0.1) is 13.8 Å². The number of methoxy groups -OCH3 is 1. The number of aryl methyl sites for hydroxylation is 2. The van der Waals surface area contributed by atoms with E-state index in [4.69, 9.17) is 10.5 Å². The van der Waals surface area contributed by atoms with E-state index in [9.17, 15) is 0 Å². The molecule has 0 saturated carbocycles. The molecule has 1 fully saturated rings. The summed E-state index contributed by atoms with van der Waals surface area (Å²) >= 11 is 0. The van der Waals surface area contributed by atoms with Crippen LogP contribution in [0.25, 0.3) is 0 Å². The van der Waals surface area contributed by atoms with Crippen LogP contribution >= 0.6 is 0 Å². The molecule has 3 N–H and O–H groups in total. The molecule has 0 amide bonds. The van der Waals surface area contributed by atoms with E-state index in [2.05, 4.69) is 36.2 Å². The summed E-state index contributed by atoms with van der Waals surface area (Å²) in [6.07, 6.45) is -0.0169. The minimum Gasteiger partial charge on any atom is -0.496 e. The Bertz CT molecular complexity index is 414. The fraction of sp³-hybridized carbons (Fsp3) is 0.571. The second-order valence-corrected chi connectivity index (χ2v) is 4.91. The number of piperazine rings is 1. The first-order valence-corrected chi connectivity index (χ1v) is 6.49. The molecule has 0 aromatic heterocycles. The van der Waals surface area contributed by atoms with Gasteiger partial charge < -0.3 is 15.8 Å². The standard InChI is InChI=1S/C14H23N3O/c1-10-9-13(18-3)11(2)8-12(10)14(15)17-6-4-16-5-7-17/h8-9,14,16H,4-7,15H2,1-3H3. The second-order valence-electron chi connectivity index (χ2n) is 4.91. The average Bonchev–Trinajstić information content (AvgIpc) is 2.41. The van der Waals surface area contributed by atoms with Crippen molar-refractivity contribution in [2.75, 3.05) is 33.3 Å². The number of ether oxygens (including phenoxy) is 1. The summed E-state index contributed by atoms with van der Waals surface area (Å²) in [6, 6.07) is 4.23. The summed E-state index contributed by atoms with van der Waals surface area (Å²) in [5, 5.41) is 3.35. The Balaban J connectivity index is 2.23. The molecule has 1 aromatic rings. The van der Waals surface area contributed by atoms with Crippen molar-refractivity contribution in [3.8, 4) is 5.75 Å². The maximum atomic E-state index is 6.39. The van der Waals surface area contributed by atoms with E-state index in [0.29, 0.717) is 0 Å². The van der Waals surface area contributed by atoms with E-state index in [0.717, 1.165) is 37.5 Å². The highest BCUT2D eigenvalue weighted by molar-refractivity contribution is 5.42. The van der Waals surface area contributed by atoms with Gasteiger partial charge in [-0.2, -0.15) is 0 Å². The average molecular weight is 249 g/mol. The zero-order valence-corrected chi connectivity index (χ0v) is 11.5. The van der Waals surface area contributed by atoms with Gasteiger partial charge in [0.25, 0.3) is 0 Å². The molecule has 0 spiro atoms. The molecule has 4 heteroatoms. The lowest BCUT2D eigenvalue weighted by Gasteiger charge is -2.33. The van der Waals surface area contributed by atoms with Gasteiger partial charge in [0.1, 0.15) is 5.75 Å². The van der Waals surface area contributed by atoms with E-state index in [-0.39, 0.29) is 6.17 Å². The highest BCUT2D eigenvalue weighted by Crippen LogP contribution is 2.27. The molecular weight excluding hydrogens is 226 g/mol. The van der Waals surface area contributed by atoms with Crippen LogP contribution < -0.4 is 15.8 Å². The third-order valence-corrected chi connectivity index (χ3v) is 3.65. The Morgan fingerprint density at radius 2 is 1.89 bits per heavy atom. The number of rotatable bonds is 3. The molecule has 1 aliphatic rings. The molecule has 1 saturated heterocycles. The number of hydrogen-bond donors (Lipinski definition) is 2. The number of nitrogens with two attached hydrogens (primary N) is 1. The fourth-order valence-corrected chi connectivity index (χ4v) is 2.51. The molecule has 100 valence electrons. The van der Waals surface area contributed by atoms with Gasteiger partial charge in [-0.25, -0.2) is 0 Å². The molecule has 1 aromatic carbocycles. The van der Waals surface area contributed by atoms with Crippen LogP contribution in [0.4, 0.5) is 0 Å². The molecule has 0 radical (unpaired) electrons. The number of nitrogens with one attached hydrogen (secondary N) is 1. The third-order valence-electron chi connectivity index (χ3n) is 3.65. The predicted molar refractivity (Wildman–Crippen MR) is 73.8 cm³/mol. The van der Waals surface area contributed by atoms with Crippen LogP contribution in [-0.4, -0.2) is 38.2 Å². The maximum Gasteiger partial charge on any atom is 0.122 e. The quantitative estimate of drug-likeness (QED) is 0.844. The molecule has 2 rings (SSSR count). The molecule has 1 heterocycles. The number of nitrogens with zero attached hydrogens (tertiary/aromatic N) is 1. The van der Waals surface area contributed by atoms with Crippen LogP contribution in [0.2, 0.25) is 0 Å². The van der Waals surface area contributed by atoms with Crippen molar-refractivity contribution >= 4 is 0 Å². The first-order valence-electron chi connectivity index (χ1n) is 6.49. The first-order chi connectivity index (χ1) is 8.63. The van der Waals surface area contributed by atoms with Crippen LogP contribution in [0.15, 0.2) is 12.1 Å². The SMILES string of the molecule is COc1cc(C)c(C(N)N2CCNCC2)cc1C. The first kappa shape index (κ1) is 13.3. The highest BCUT2D eigenvalue weighted by atomic mass is 16.5. The molecule has 4 nitrogen and oxygen atoms in total. The van der Waals surface area contributed by atoms with Crippen molar-refractivity contribution in [1.29, 1.82) is 0 Å². The zero-order chi connectivity index (χ0) is 13.1. The Morgan fingerprint density at radius 1 is 1.22 bits per heavy atom. The minimum atomic E-state index is -0.0169. The van der Waals surface area contributed by atoms with Crippen molar-refractivity contribution in [3.63, 3.8) is 0 Å². The summed E-state index contributed by atoms with van der Waals surface area (Å²) in [5.74, 6) is 0.934. The van der Waals surface area contributed by atoms with Crippen LogP contribution in [0.3, 0.4) is 0 Å². The Labute approximate surface area is 109 Å². The van der Waals surface area contributed by atoms with Gasteiger partial charge in [0.05, 0.1) is 13.3 Å². The van der Waals surface area contributed by atoms with Gasteiger partial charge in [-0.05, 0) is 42.7 Å². The normalized spacial score (nSPS) is 18.7. The lowest BCUT2D eigenvalue weighted by Crippen LogP contribution is -2.47. The summed E-state index contributed by atoms with van der Waals surface area (Å²) in [6.45, 7) is 8.20. The van der Waals surface area contributed by atoms with Gasteiger partial charge in [-0.3, -0.25) is 4.90 Å². The van der Waals surface area contributed by atoms with Crippen molar-refractivity contribution in [3.05, 3.63) is 28.8 Å². The minimum absolute atomic E-state index is 0.0169. The van der Waals surface area contributed by atoms with Crippen molar-refractivity contribution in [2.45, 2.75) is 20.0 Å². The van der Waals surface area contributed by atoms with Crippen molar-refractivity contribution in [1.82, 2.24) is 10.2 Å². The van der Waals surface area contributed by atoms with Crippen molar-refractivity contribution in [2.24, 2.45) is 5.73 Å². The van der Waals surface area contributed by atoms with Gasteiger partial charge in [-0.1, -0.05) is 0 Å². The smallest absolute Gasteiger partial charge is 0.122 e. The van der Waals surface area contributed by atoms with E-state index in [1.165, 1.54) is 11.1 Å². The Morgan fingerprint density at radius 3 is 2.50 bits per heavy atom. The van der Waals surface area contributed by atoms with Gasteiger partial charge in [-0.15, -0.1) is 0 Å². The molecule has 1 atom stereocenters. The van der Waals surface area contributed by atoms with E-state index in [1.54, 1.807) is 7.11 Å². The summed E-state index contributed by atoms with van der Waals surface area (Å²) in [7, 11) is 1.71. The second kappa shape index (κ2) is 5.69. The molecule has 0 bridgehead atoms. The molecule has 1 aliphatic heterocycles. The zero-order valence-electron chi connectivity index (χ0n) is 11.5. The van der Waals surface area contributed by atoms with Gasteiger partial charge >= 0.3 is 0 Å². The molecule has 18 heavy (non-hydrogen) atoms. The van der Waals surface area contributed by atoms with Crippen LogP contribution in [0.1, 0.15) is 22.9 Å². The predicted octanol–water partition coefficient (Wildman–Crippen LogP) is 1.17. The number of hydrogen-bond acceptors (Lipinski definition) is 4. The largest absolute Gasteiger partial charge is 0.496 e. The Kier molecular flexibility index (Phi) is 4.22. The van der Waals surface area contributed by atoms with Gasteiger partial charge in [0.15, 0.2) is 0 Å². The summed E-state index contributed by atoms with van der Waals surface area (Å²) in [5.41, 5.74) is 9.93. The molecule has 0 aliphatic carbocycles. The van der Waals surface area contributed by atoms with E-state index in [1.807, 2.05) is 0 Å². The maximum absolute atomic E-state index is 6.39. The molecule has 1 unspecified atom stereocenters. The number of benzene rings is 1.